The van der Waals surface area contributed by atoms with E-state index in [1.165, 1.54) is 24.9 Å². The van der Waals surface area contributed by atoms with Crippen LogP contribution in [0.4, 0.5) is 0 Å². The van der Waals surface area contributed by atoms with Crippen molar-refractivity contribution in [1.29, 1.82) is 0 Å². The summed E-state index contributed by atoms with van der Waals surface area (Å²) in [6.45, 7) is 6.38. The highest BCUT2D eigenvalue weighted by molar-refractivity contribution is 14.0. The number of likely N-dealkylation sites (tertiary alicyclic amines) is 1. The van der Waals surface area contributed by atoms with Crippen LogP contribution in [-0.2, 0) is 6.42 Å². The molecule has 1 saturated heterocycles. The van der Waals surface area contributed by atoms with Gasteiger partial charge in [0, 0.05) is 32.4 Å². The molecule has 0 bridgehead atoms. The monoisotopic (exact) mass is 482 g/mol. The van der Waals surface area contributed by atoms with Crippen LogP contribution in [0.2, 0.25) is 0 Å². The third-order valence-electron chi connectivity index (χ3n) is 5.00. The molecule has 1 aromatic heterocycles. The van der Waals surface area contributed by atoms with Crippen molar-refractivity contribution in [3.63, 3.8) is 0 Å². The van der Waals surface area contributed by atoms with Crippen LogP contribution in [0.25, 0.3) is 5.69 Å². The Kier molecular flexibility index (Phi) is 9.06. The molecule has 3 rings (SSSR count). The summed E-state index contributed by atoms with van der Waals surface area (Å²) in [6.07, 6.45) is 7.51. The normalized spacial score (nSPS) is 17.6. The molecule has 6 nitrogen and oxygen atoms in total. The predicted molar refractivity (Wildman–Crippen MR) is 122 cm³/mol. The van der Waals surface area contributed by atoms with E-state index in [2.05, 4.69) is 50.9 Å². The Morgan fingerprint density at radius 3 is 2.81 bits per heavy atom. The molecule has 1 aliphatic rings. The lowest BCUT2D eigenvalue weighted by Gasteiger charge is -2.23. The van der Waals surface area contributed by atoms with Crippen molar-refractivity contribution < 1.29 is 0 Å². The second kappa shape index (κ2) is 11.3. The number of hydrogen-bond donors (Lipinski definition) is 2. The lowest BCUT2D eigenvalue weighted by molar-refractivity contribution is 0.267. The van der Waals surface area contributed by atoms with E-state index in [0.717, 1.165) is 37.7 Å². The Labute approximate surface area is 179 Å². The fourth-order valence-electron chi connectivity index (χ4n) is 3.51. The molecule has 2 N–H and O–H groups in total. The fourth-order valence-corrected chi connectivity index (χ4v) is 3.51. The van der Waals surface area contributed by atoms with Crippen LogP contribution < -0.4 is 10.6 Å². The predicted octanol–water partition coefficient (Wildman–Crippen LogP) is 2.68. The quantitative estimate of drug-likeness (QED) is 0.362. The highest BCUT2D eigenvalue weighted by atomic mass is 127. The molecule has 1 unspecified atom stereocenters. The molecule has 2 aromatic rings. The number of halogens is 1. The molecule has 0 amide bonds. The summed E-state index contributed by atoms with van der Waals surface area (Å²) >= 11 is 0. The minimum absolute atomic E-state index is 0. The van der Waals surface area contributed by atoms with Gasteiger partial charge in [-0.1, -0.05) is 25.1 Å². The molecule has 0 aliphatic carbocycles. The Balaban J connectivity index is 0.00000261. The number of aromatic nitrogens is 2. The number of nitrogens with one attached hydrogen (secondary N) is 2. The molecule has 1 aliphatic heterocycles. The van der Waals surface area contributed by atoms with E-state index in [1.807, 2.05) is 36.1 Å². The first kappa shape index (κ1) is 21.7. The molecule has 0 spiro atoms. The van der Waals surface area contributed by atoms with E-state index in [1.54, 1.807) is 0 Å². The highest BCUT2D eigenvalue weighted by Gasteiger charge is 2.22. The van der Waals surface area contributed by atoms with Crippen molar-refractivity contribution in [3.05, 3.63) is 48.3 Å². The number of nitrogens with zero attached hydrogens (tertiary/aromatic N) is 4. The maximum atomic E-state index is 4.45. The summed E-state index contributed by atoms with van der Waals surface area (Å²) in [5, 5.41) is 11.3. The summed E-state index contributed by atoms with van der Waals surface area (Å²) in [5.41, 5.74) is 2.30. The zero-order valence-electron chi connectivity index (χ0n) is 16.3. The van der Waals surface area contributed by atoms with E-state index < -0.39 is 0 Å². The van der Waals surface area contributed by atoms with Crippen LogP contribution in [0.3, 0.4) is 0 Å². The van der Waals surface area contributed by atoms with Crippen LogP contribution in [0.15, 0.2) is 47.7 Å². The number of hydrogen-bond acceptors (Lipinski definition) is 3. The summed E-state index contributed by atoms with van der Waals surface area (Å²) in [4.78, 5) is 6.88. The fraction of sp³-hybridized carbons (Fsp3) is 0.500. The van der Waals surface area contributed by atoms with E-state index >= 15 is 0 Å². The molecule has 2 heterocycles. The molecular weight excluding hydrogens is 451 g/mol. The Morgan fingerprint density at radius 1 is 1.26 bits per heavy atom. The van der Waals surface area contributed by atoms with Gasteiger partial charge in [0.25, 0.3) is 0 Å². The van der Waals surface area contributed by atoms with Gasteiger partial charge < -0.3 is 10.6 Å². The summed E-state index contributed by atoms with van der Waals surface area (Å²) in [7, 11) is 1.83. The zero-order valence-corrected chi connectivity index (χ0v) is 18.6. The van der Waals surface area contributed by atoms with Crippen LogP contribution in [0.5, 0.6) is 0 Å². The zero-order chi connectivity index (χ0) is 18.2. The van der Waals surface area contributed by atoms with Gasteiger partial charge in [0.2, 0.25) is 0 Å². The van der Waals surface area contributed by atoms with Crippen molar-refractivity contribution in [2.45, 2.75) is 32.2 Å². The minimum Gasteiger partial charge on any atom is -0.356 e. The Morgan fingerprint density at radius 2 is 2.07 bits per heavy atom. The van der Waals surface area contributed by atoms with Crippen molar-refractivity contribution in [3.8, 4) is 5.69 Å². The van der Waals surface area contributed by atoms with Crippen LogP contribution in [0, 0.1) is 0 Å². The standard InChI is InChI=1S/C20H30N6.HI/c1-3-25-13-7-10-19(25)15-23-20(21-2)22-12-11-17-14-24-26(16-17)18-8-5-4-6-9-18;/h4-6,8-9,14,16,19H,3,7,10-13,15H2,1-2H3,(H2,21,22,23);1H. The third-order valence-corrected chi connectivity index (χ3v) is 5.00. The van der Waals surface area contributed by atoms with E-state index in [-0.39, 0.29) is 24.0 Å². The van der Waals surface area contributed by atoms with Crippen LogP contribution in [-0.4, -0.2) is 59.9 Å². The van der Waals surface area contributed by atoms with Gasteiger partial charge in [-0.3, -0.25) is 9.89 Å². The van der Waals surface area contributed by atoms with Gasteiger partial charge in [0.1, 0.15) is 0 Å². The van der Waals surface area contributed by atoms with E-state index in [9.17, 15) is 0 Å². The smallest absolute Gasteiger partial charge is 0.191 e. The maximum absolute atomic E-state index is 4.45. The first-order valence-electron chi connectivity index (χ1n) is 9.57. The van der Waals surface area contributed by atoms with Crippen molar-refractivity contribution >= 4 is 29.9 Å². The molecule has 148 valence electrons. The van der Waals surface area contributed by atoms with Gasteiger partial charge in [-0.15, -0.1) is 24.0 Å². The van der Waals surface area contributed by atoms with Gasteiger partial charge in [0.05, 0.1) is 11.9 Å². The molecule has 0 saturated carbocycles. The average Bonchev–Trinajstić information content (AvgIpc) is 3.34. The number of guanidine groups is 1. The first-order valence-corrected chi connectivity index (χ1v) is 9.57. The molecule has 7 heteroatoms. The Hall–Kier alpha value is -1.61. The topological polar surface area (TPSA) is 57.5 Å². The maximum Gasteiger partial charge on any atom is 0.191 e. The third kappa shape index (κ3) is 6.21. The number of rotatable bonds is 7. The largest absolute Gasteiger partial charge is 0.356 e. The summed E-state index contributed by atoms with van der Waals surface area (Å²) in [5.74, 6) is 0.878. The second-order valence-electron chi connectivity index (χ2n) is 6.68. The van der Waals surface area contributed by atoms with Crippen LogP contribution in [0.1, 0.15) is 25.3 Å². The summed E-state index contributed by atoms with van der Waals surface area (Å²) in [6, 6.07) is 10.8. The SMILES string of the molecule is CCN1CCCC1CNC(=NC)NCCc1cnn(-c2ccccc2)c1.I. The number of para-hydroxylation sites is 1. The van der Waals surface area contributed by atoms with Crippen molar-refractivity contribution in [1.82, 2.24) is 25.3 Å². The lowest BCUT2D eigenvalue weighted by atomic mass is 10.2. The first-order chi connectivity index (χ1) is 12.8. The number of aliphatic imine (C=N–C) groups is 1. The van der Waals surface area contributed by atoms with Crippen LogP contribution >= 0.6 is 24.0 Å². The lowest BCUT2D eigenvalue weighted by Crippen LogP contribution is -2.45. The van der Waals surface area contributed by atoms with Gasteiger partial charge in [-0.05, 0) is 50.0 Å². The second-order valence-corrected chi connectivity index (χ2v) is 6.68. The van der Waals surface area contributed by atoms with Gasteiger partial charge in [-0.25, -0.2) is 4.68 Å². The average molecular weight is 482 g/mol. The Bertz CT molecular complexity index is 700. The highest BCUT2D eigenvalue weighted by Crippen LogP contribution is 2.15. The minimum atomic E-state index is 0. The molecular formula is C20H31IN6. The van der Waals surface area contributed by atoms with E-state index in [4.69, 9.17) is 0 Å². The number of benzene rings is 1. The number of likely N-dealkylation sites (N-methyl/N-ethyl adjacent to an activating group) is 1. The molecule has 27 heavy (non-hydrogen) atoms. The van der Waals surface area contributed by atoms with Crippen molar-refractivity contribution in [2.75, 3.05) is 33.2 Å². The van der Waals surface area contributed by atoms with Gasteiger partial charge in [0.15, 0.2) is 5.96 Å². The van der Waals surface area contributed by atoms with Crippen molar-refractivity contribution in [2.24, 2.45) is 4.99 Å². The summed E-state index contributed by atoms with van der Waals surface area (Å²) < 4.78 is 1.92. The molecule has 0 radical (unpaired) electrons. The molecule has 1 atom stereocenters. The van der Waals surface area contributed by atoms with Gasteiger partial charge >= 0.3 is 0 Å². The van der Waals surface area contributed by atoms with Gasteiger partial charge in [-0.2, -0.15) is 5.10 Å². The molecule has 1 fully saturated rings. The molecule has 1 aromatic carbocycles. The van der Waals surface area contributed by atoms with E-state index in [0.29, 0.717) is 6.04 Å².